The zero-order valence-corrected chi connectivity index (χ0v) is 16.5. The first-order chi connectivity index (χ1) is 13.0. The molecule has 0 atom stereocenters. The maximum Gasteiger partial charge on any atom is 0.278 e. The van der Waals surface area contributed by atoms with Crippen LogP contribution in [0.25, 0.3) is 0 Å². The highest BCUT2D eigenvalue weighted by molar-refractivity contribution is 7.99. The van der Waals surface area contributed by atoms with Crippen LogP contribution in [0.4, 0.5) is 0 Å². The van der Waals surface area contributed by atoms with Gasteiger partial charge in [-0.3, -0.25) is 4.79 Å². The number of benzene rings is 1. The third-order valence-corrected chi connectivity index (χ3v) is 4.00. The average Bonchev–Trinajstić information content (AvgIpc) is 2.66. The Morgan fingerprint density at radius 1 is 1.26 bits per heavy atom. The van der Waals surface area contributed by atoms with Gasteiger partial charge in [-0.1, -0.05) is 18.7 Å². The fraction of sp³-hybridized carbons (Fsp3) is 0.333. The topological polar surface area (TPSA) is 94.9 Å². The number of amides is 1. The molecule has 0 fully saturated rings. The Morgan fingerprint density at radius 2 is 2.07 bits per heavy atom. The molecule has 0 aliphatic carbocycles. The predicted molar refractivity (Wildman–Crippen MR) is 104 cm³/mol. The summed E-state index contributed by atoms with van der Waals surface area (Å²) < 4.78 is 15.8. The van der Waals surface area contributed by atoms with E-state index in [-0.39, 0.29) is 6.61 Å². The summed E-state index contributed by atoms with van der Waals surface area (Å²) in [5, 5.41) is 4.54. The normalized spacial score (nSPS) is 10.7. The van der Waals surface area contributed by atoms with E-state index in [0.717, 1.165) is 11.4 Å². The molecular formula is C18H22N4O4S. The van der Waals surface area contributed by atoms with E-state index in [4.69, 9.17) is 14.2 Å². The molecule has 144 valence electrons. The lowest BCUT2D eigenvalue weighted by molar-refractivity contribution is -0.123. The summed E-state index contributed by atoms with van der Waals surface area (Å²) >= 11 is 1.51. The van der Waals surface area contributed by atoms with E-state index in [1.54, 1.807) is 38.5 Å². The number of methoxy groups -OCH3 is 2. The van der Waals surface area contributed by atoms with Crippen LogP contribution in [-0.4, -0.2) is 48.7 Å². The number of hydrazone groups is 1. The lowest BCUT2D eigenvalue weighted by atomic mass is 10.2. The number of rotatable bonds is 9. The number of thioether (sulfide) groups is 1. The molecule has 0 saturated heterocycles. The molecule has 0 spiro atoms. The van der Waals surface area contributed by atoms with Gasteiger partial charge in [-0.25, -0.2) is 10.4 Å². The maximum atomic E-state index is 11.9. The molecule has 0 aliphatic rings. The highest BCUT2D eigenvalue weighted by Crippen LogP contribution is 2.23. The molecule has 0 saturated carbocycles. The van der Waals surface area contributed by atoms with Gasteiger partial charge >= 0.3 is 0 Å². The van der Waals surface area contributed by atoms with Gasteiger partial charge in [0.1, 0.15) is 11.5 Å². The second kappa shape index (κ2) is 10.4. The van der Waals surface area contributed by atoms with Crippen molar-refractivity contribution in [2.75, 3.05) is 26.6 Å². The van der Waals surface area contributed by atoms with Crippen molar-refractivity contribution >= 4 is 23.9 Å². The molecule has 1 heterocycles. The van der Waals surface area contributed by atoms with Gasteiger partial charge in [0.15, 0.2) is 11.8 Å². The van der Waals surface area contributed by atoms with Crippen LogP contribution >= 0.6 is 11.8 Å². The van der Waals surface area contributed by atoms with Crippen LogP contribution in [-0.2, 0) is 4.79 Å². The van der Waals surface area contributed by atoms with Crippen LogP contribution in [0.1, 0.15) is 18.2 Å². The fourth-order valence-electron chi connectivity index (χ4n) is 2.05. The standard InChI is InChI=1S/C18H22N4O4S/c1-5-27-18-20-12(2)8-17(21-18)26-11-16(23)22-19-10-13-6-7-14(24-3)9-15(13)25-4/h6-10H,5,11H2,1-4H3,(H,22,23)/b19-10+. The SMILES string of the molecule is CCSc1nc(C)cc(OCC(=O)N/N=C/c2ccc(OC)cc2OC)n1. The van der Waals surface area contributed by atoms with Gasteiger partial charge in [-0.2, -0.15) is 10.1 Å². The minimum Gasteiger partial charge on any atom is -0.497 e. The smallest absolute Gasteiger partial charge is 0.278 e. The molecule has 27 heavy (non-hydrogen) atoms. The van der Waals surface area contributed by atoms with Crippen LogP contribution in [0.3, 0.4) is 0 Å². The number of hydrogen-bond acceptors (Lipinski definition) is 8. The number of aryl methyl sites for hydroxylation is 1. The van der Waals surface area contributed by atoms with Crippen molar-refractivity contribution in [3.63, 3.8) is 0 Å². The molecule has 1 aromatic heterocycles. The number of hydrogen-bond donors (Lipinski definition) is 1. The lowest BCUT2D eigenvalue weighted by Gasteiger charge is -2.07. The van der Waals surface area contributed by atoms with Gasteiger partial charge in [0, 0.05) is 23.4 Å². The first-order valence-electron chi connectivity index (χ1n) is 8.21. The number of nitrogens with one attached hydrogen (secondary N) is 1. The highest BCUT2D eigenvalue weighted by Gasteiger charge is 2.07. The van der Waals surface area contributed by atoms with Crippen molar-refractivity contribution in [3.8, 4) is 17.4 Å². The molecule has 2 aromatic rings. The van der Waals surface area contributed by atoms with Gasteiger partial charge in [0.2, 0.25) is 5.88 Å². The summed E-state index contributed by atoms with van der Waals surface area (Å²) in [4.78, 5) is 20.4. The summed E-state index contributed by atoms with van der Waals surface area (Å²) in [6.45, 7) is 3.66. The van der Waals surface area contributed by atoms with Gasteiger partial charge < -0.3 is 14.2 Å². The third-order valence-electron chi connectivity index (χ3n) is 3.27. The molecular weight excluding hydrogens is 368 g/mol. The zero-order chi connectivity index (χ0) is 19.6. The molecule has 2 rings (SSSR count). The third kappa shape index (κ3) is 6.45. The first-order valence-corrected chi connectivity index (χ1v) is 9.19. The summed E-state index contributed by atoms with van der Waals surface area (Å²) in [7, 11) is 3.12. The summed E-state index contributed by atoms with van der Waals surface area (Å²) in [6.07, 6.45) is 1.49. The number of aromatic nitrogens is 2. The number of carbonyl (C=O) groups is 1. The second-order valence-electron chi connectivity index (χ2n) is 5.25. The molecule has 1 aromatic carbocycles. The van der Waals surface area contributed by atoms with Gasteiger partial charge in [-0.05, 0) is 24.8 Å². The minimum absolute atomic E-state index is 0.205. The van der Waals surface area contributed by atoms with Crippen molar-refractivity contribution in [3.05, 3.63) is 35.5 Å². The van der Waals surface area contributed by atoms with E-state index in [2.05, 4.69) is 20.5 Å². The van der Waals surface area contributed by atoms with Crippen molar-refractivity contribution in [1.29, 1.82) is 0 Å². The first kappa shape index (κ1) is 20.5. The summed E-state index contributed by atoms with van der Waals surface area (Å²) in [5.74, 6) is 2.06. The Morgan fingerprint density at radius 3 is 2.78 bits per heavy atom. The quantitative estimate of drug-likeness (QED) is 0.304. The van der Waals surface area contributed by atoms with Gasteiger partial charge in [0.25, 0.3) is 5.91 Å². The zero-order valence-electron chi connectivity index (χ0n) is 15.7. The number of carbonyl (C=O) groups excluding carboxylic acids is 1. The number of nitrogens with zero attached hydrogens (tertiary/aromatic N) is 3. The molecule has 8 nitrogen and oxygen atoms in total. The van der Waals surface area contributed by atoms with Gasteiger partial charge in [-0.15, -0.1) is 0 Å². The Kier molecular flexibility index (Phi) is 7.87. The highest BCUT2D eigenvalue weighted by atomic mass is 32.2. The van der Waals surface area contributed by atoms with Crippen molar-refractivity contribution in [1.82, 2.24) is 15.4 Å². The van der Waals surface area contributed by atoms with Crippen LogP contribution in [0.15, 0.2) is 34.5 Å². The Bertz CT molecular complexity index is 814. The maximum absolute atomic E-state index is 11.9. The summed E-state index contributed by atoms with van der Waals surface area (Å²) in [6, 6.07) is 6.96. The molecule has 9 heteroatoms. The van der Waals surface area contributed by atoms with E-state index in [0.29, 0.717) is 28.1 Å². The summed E-state index contributed by atoms with van der Waals surface area (Å²) in [5.41, 5.74) is 3.89. The van der Waals surface area contributed by atoms with Crippen LogP contribution in [0.2, 0.25) is 0 Å². The molecule has 1 N–H and O–H groups in total. The Hall–Kier alpha value is -2.81. The minimum atomic E-state index is -0.403. The van der Waals surface area contributed by atoms with E-state index < -0.39 is 5.91 Å². The van der Waals surface area contributed by atoms with E-state index in [1.807, 2.05) is 13.8 Å². The molecule has 0 bridgehead atoms. The van der Waals surface area contributed by atoms with E-state index in [1.165, 1.54) is 18.0 Å². The lowest BCUT2D eigenvalue weighted by Crippen LogP contribution is -2.25. The van der Waals surface area contributed by atoms with Crippen LogP contribution in [0, 0.1) is 6.92 Å². The number of ether oxygens (including phenoxy) is 3. The van der Waals surface area contributed by atoms with E-state index in [9.17, 15) is 4.79 Å². The van der Waals surface area contributed by atoms with Crippen LogP contribution < -0.4 is 19.6 Å². The second-order valence-corrected chi connectivity index (χ2v) is 6.48. The fourth-order valence-corrected chi connectivity index (χ4v) is 2.67. The molecule has 1 amide bonds. The van der Waals surface area contributed by atoms with Gasteiger partial charge in [0.05, 0.1) is 20.4 Å². The Balaban J connectivity index is 1.90. The molecule has 0 unspecified atom stereocenters. The van der Waals surface area contributed by atoms with Crippen molar-refractivity contribution in [2.24, 2.45) is 5.10 Å². The monoisotopic (exact) mass is 390 g/mol. The van der Waals surface area contributed by atoms with Crippen molar-refractivity contribution < 1.29 is 19.0 Å². The van der Waals surface area contributed by atoms with Crippen molar-refractivity contribution in [2.45, 2.75) is 19.0 Å². The Labute approximate surface area is 162 Å². The van der Waals surface area contributed by atoms with Crippen LogP contribution in [0.5, 0.6) is 17.4 Å². The molecule has 0 radical (unpaired) electrons. The average molecular weight is 390 g/mol. The largest absolute Gasteiger partial charge is 0.497 e. The molecule has 0 aliphatic heterocycles. The van der Waals surface area contributed by atoms with E-state index >= 15 is 0 Å². The predicted octanol–water partition coefficient (Wildman–Crippen LogP) is 2.44.